The molecule has 0 saturated carbocycles. The summed E-state index contributed by atoms with van der Waals surface area (Å²) in [6.45, 7) is 3.76. The number of fused-ring (bicyclic) bond motifs is 2. The molecule has 2 fully saturated rings. The number of amides is 1. The Balaban J connectivity index is 1.83. The lowest BCUT2D eigenvalue weighted by atomic mass is 9.88. The van der Waals surface area contributed by atoms with Crippen LogP contribution in [-0.4, -0.2) is 36.6 Å². The number of rotatable bonds is 4. The van der Waals surface area contributed by atoms with E-state index < -0.39 is 6.04 Å². The highest BCUT2D eigenvalue weighted by molar-refractivity contribution is 5.86. The van der Waals surface area contributed by atoms with Crippen LogP contribution in [0.3, 0.4) is 0 Å². The maximum Gasteiger partial charge on any atom is 0.328 e. The zero-order valence-corrected chi connectivity index (χ0v) is 10.4. The quantitative estimate of drug-likeness (QED) is 0.689. The molecule has 96 valence electrons. The number of esters is 1. The monoisotopic (exact) mass is 240 g/mol. The Morgan fingerprint density at radius 3 is 2.76 bits per heavy atom. The van der Waals surface area contributed by atoms with Gasteiger partial charge in [-0.2, -0.15) is 0 Å². The molecule has 2 rings (SSSR count). The zero-order chi connectivity index (χ0) is 12.4. The summed E-state index contributed by atoms with van der Waals surface area (Å²) in [4.78, 5) is 23.4. The third-order valence-corrected chi connectivity index (χ3v) is 3.64. The summed E-state index contributed by atoms with van der Waals surface area (Å²) in [7, 11) is 0. The van der Waals surface area contributed by atoms with E-state index in [1.807, 2.05) is 0 Å². The molecule has 17 heavy (non-hydrogen) atoms. The van der Waals surface area contributed by atoms with E-state index in [4.69, 9.17) is 4.74 Å². The van der Waals surface area contributed by atoms with Crippen molar-refractivity contribution in [3.05, 3.63) is 0 Å². The van der Waals surface area contributed by atoms with Crippen molar-refractivity contribution in [2.75, 3.05) is 6.61 Å². The summed E-state index contributed by atoms with van der Waals surface area (Å²) in [6, 6.07) is 0.240. The predicted octanol–water partition coefficient (Wildman–Crippen LogP) is 0.195. The third kappa shape index (κ3) is 2.60. The maximum absolute atomic E-state index is 12.0. The van der Waals surface area contributed by atoms with E-state index in [9.17, 15) is 9.59 Å². The second-order valence-corrected chi connectivity index (χ2v) is 4.87. The van der Waals surface area contributed by atoms with Gasteiger partial charge in [0.1, 0.15) is 6.04 Å². The van der Waals surface area contributed by atoms with Crippen molar-refractivity contribution in [2.45, 2.75) is 51.2 Å². The van der Waals surface area contributed by atoms with Crippen molar-refractivity contribution in [3.63, 3.8) is 0 Å². The Morgan fingerprint density at radius 1 is 1.47 bits per heavy atom. The van der Waals surface area contributed by atoms with Gasteiger partial charge in [-0.1, -0.05) is 0 Å². The molecular formula is C12H20N2O3. The molecule has 2 N–H and O–H groups in total. The van der Waals surface area contributed by atoms with E-state index in [2.05, 4.69) is 10.6 Å². The Morgan fingerprint density at radius 2 is 2.24 bits per heavy atom. The lowest BCUT2D eigenvalue weighted by molar-refractivity contribution is -0.147. The van der Waals surface area contributed by atoms with Gasteiger partial charge in [-0.3, -0.25) is 4.79 Å². The summed E-state index contributed by atoms with van der Waals surface area (Å²) in [5.74, 6) is -0.368. The molecule has 5 nitrogen and oxygen atoms in total. The molecule has 2 aliphatic heterocycles. The number of carbonyl (C=O) groups excluding carboxylic acids is 2. The predicted molar refractivity (Wildman–Crippen MR) is 62.3 cm³/mol. The Kier molecular flexibility index (Phi) is 3.66. The lowest BCUT2D eigenvalue weighted by Crippen LogP contribution is -2.45. The minimum atomic E-state index is -0.554. The molecule has 2 aliphatic rings. The zero-order valence-electron chi connectivity index (χ0n) is 10.4. The molecule has 2 bridgehead atoms. The smallest absolute Gasteiger partial charge is 0.328 e. The second kappa shape index (κ2) is 5.04. The number of hydrogen-bond donors (Lipinski definition) is 2. The van der Waals surface area contributed by atoms with Crippen LogP contribution < -0.4 is 10.6 Å². The van der Waals surface area contributed by atoms with E-state index in [0.717, 1.165) is 12.8 Å². The van der Waals surface area contributed by atoms with Crippen LogP contribution in [0.4, 0.5) is 0 Å². The van der Waals surface area contributed by atoms with Gasteiger partial charge >= 0.3 is 5.97 Å². The molecule has 2 heterocycles. The van der Waals surface area contributed by atoms with Crippen LogP contribution in [0.25, 0.3) is 0 Å². The first-order chi connectivity index (χ1) is 8.11. The molecule has 0 aliphatic carbocycles. The third-order valence-electron chi connectivity index (χ3n) is 3.64. The Labute approximate surface area is 101 Å². The van der Waals surface area contributed by atoms with Crippen molar-refractivity contribution in [2.24, 2.45) is 5.92 Å². The summed E-state index contributed by atoms with van der Waals surface area (Å²) < 4.78 is 4.86. The minimum absolute atomic E-state index is 0.0191. The van der Waals surface area contributed by atoms with Crippen molar-refractivity contribution in [3.8, 4) is 0 Å². The van der Waals surface area contributed by atoms with Crippen molar-refractivity contribution in [1.29, 1.82) is 0 Å². The highest BCUT2D eigenvalue weighted by Crippen LogP contribution is 2.33. The molecule has 4 atom stereocenters. The van der Waals surface area contributed by atoms with Gasteiger partial charge in [0, 0.05) is 12.1 Å². The van der Waals surface area contributed by atoms with Crippen LogP contribution in [0.2, 0.25) is 0 Å². The topological polar surface area (TPSA) is 67.4 Å². The van der Waals surface area contributed by atoms with Crippen LogP contribution in [0.5, 0.6) is 0 Å². The first-order valence-corrected chi connectivity index (χ1v) is 6.35. The van der Waals surface area contributed by atoms with E-state index in [1.54, 1.807) is 13.8 Å². The summed E-state index contributed by atoms with van der Waals surface area (Å²) in [5, 5.41) is 6.15. The molecule has 0 aromatic carbocycles. The number of ether oxygens (including phenoxy) is 1. The molecule has 0 spiro atoms. The van der Waals surface area contributed by atoms with Gasteiger partial charge in [-0.15, -0.1) is 0 Å². The summed E-state index contributed by atoms with van der Waals surface area (Å²) >= 11 is 0. The van der Waals surface area contributed by atoms with Gasteiger partial charge in [0.05, 0.1) is 12.5 Å². The van der Waals surface area contributed by atoms with Crippen molar-refractivity contribution in [1.82, 2.24) is 10.6 Å². The number of carbonyl (C=O) groups is 2. The minimum Gasteiger partial charge on any atom is -0.464 e. The van der Waals surface area contributed by atoms with Gasteiger partial charge in [-0.25, -0.2) is 4.79 Å². The van der Waals surface area contributed by atoms with Gasteiger partial charge < -0.3 is 15.4 Å². The molecule has 0 aromatic heterocycles. The summed E-state index contributed by atoms with van der Waals surface area (Å²) in [5.41, 5.74) is 0. The van der Waals surface area contributed by atoms with Crippen LogP contribution in [0.15, 0.2) is 0 Å². The number of nitrogens with one attached hydrogen (secondary N) is 2. The van der Waals surface area contributed by atoms with E-state index in [0.29, 0.717) is 18.7 Å². The largest absolute Gasteiger partial charge is 0.464 e. The first kappa shape index (κ1) is 12.4. The second-order valence-electron chi connectivity index (χ2n) is 4.87. The van der Waals surface area contributed by atoms with Crippen LogP contribution in [-0.2, 0) is 14.3 Å². The van der Waals surface area contributed by atoms with Crippen LogP contribution in [0, 0.1) is 5.92 Å². The SMILES string of the molecule is CCOC(=O)C(C)NC(=O)C1CC2CCC1N2. The van der Waals surface area contributed by atoms with E-state index in [-0.39, 0.29) is 17.8 Å². The average molecular weight is 240 g/mol. The van der Waals surface area contributed by atoms with Gasteiger partial charge in [0.2, 0.25) is 5.91 Å². The van der Waals surface area contributed by atoms with E-state index >= 15 is 0 Å². The summed E-state index contributed by atoms with van der Waals surface area (Å²) in [6.07, 6.45) is 3.13. The first-order valence-electron chi connectivity index (χ1n) is 6.35. The molecule has 0 radical (unpaired) electrons. The van der Waals surface area contributed by atoms with Gasteiger partial charge in [0.15, 0.2) is 0 Å². The van der Waals surface area contributed by atoms with Crippen LogP contribution >= 0.6 is 0 Å². The Bertz CT molecular complexity index is 319. The van der Waals surface area contributed by atoms with Gasteiger partial charge in [0.25, 0.3) is 0 Å². The maximum atomic E-state index is 12.0. The molecular weight excluding hydrogens is 220 g/mol. The molecule has 1 amide bonds. The average Bonchev–Trinajstić information content (AvgIpc) is 2.90. The molecule has 5 heteroatoms. The van der Waals surface area contributed by atoms with E-state index in [1.165, 1.54) is 6.42 Å². The molecule has 0 aromatic rings. The Hall–Kier alpha value is -1.10. The molecule has 4 unspecified atom stereocenters. The van der Waals surface area contributed by atoms with Crippen LogP contribution in [0.1, 0.15) is 33.1 Å². The fourth-order valence-electron chi connectivity index (χ4n) is 2.76. The van der Waals surface area contributed by atoms with Crippen molar-refractivity contribution >= 4 is 11.9 Å². The van der Waals surface area contributed by atoms with Gasteiger partial charge in [-0.05, 0) is 33.1 Å². The fraction of sp³-hybridized carbons (Fsp3) is 0.833. The highest BCUT2D eigenvalue weighted by atomic mass is 16.5. The highest BCUT2D eigenvalue weighted by Gasteiger charge is 2.43. The fourth-order valence-corrected chi connectivity index (χ4v) is 2.76. The number of hydrogen-bond acceptors (Lipinski definition) is 4. The lowest BCUT2D eigenvalue weighted by Gasteiger charge is -2.21. The van der Waals surface area contributed by atoms with Crippen molar-refractivity contribution < 1.29 is 14.3 Å². The normalized spacial score (nSPS) is 32.2. The standard InChI is InChI=1S/C12H20N2O3/c1-3-17-12(16)7(2)13-11(15)9-6-8-4-5-10(9)14-8/h7-10,14H,3-6H2,1-2H3,(H,13,15). The molecule has 2 saturated heterocycles.